The number of rotatable bonds is 7. The lowest BCUT2D eigenvalue weighted by Crippen LogP contribution is -2.50. The van der Waals surface area contributed by atoms with Crippen LogP contribution in [0.5, 0.6) is 0 Å². The van der Waals surface area contributed by atoms with Crippen LogP contribution >= 0.6 is 0 Å². The molecule has 1 N–H and O–H groups in total. The molecule has 0 aliphatic carbocycles. The Morgan fingerprint density at radius 2 is 1.83 bits per heavy atom. The van der Waals surface area contributed by atoms with Crippen LogP contribution in [-0.4, -0.2) is 32.0 Å². The highest BCUT2D eigenvalue weighted by atomic mass is 32.2. The van der Waals surface area contributed by atoms with Gasteiger partial charge in [-0.25, -0.2) is 8.42 Å². The topological polar surface area (TPSA) is 46.2 Å². The van der Waals surface area contributed by atoms with Gasteiger partial charge in [-0.2, -0.15) is 0 Å². The van der Waals surface area contributed by atoms with Gasteiger partial charge in [-0.1, -0.05) is 40.0 Å². The van der Waals surface area contributed by atoms with Gasteiger partial charge in [0.1, 0.15) is 0 Å². The molecule has 0 aromatic carbocycles. The molecule has 0 aromatic rings. The largest absolute Gasteiger partial charge is 0.312 e. The van der Waals surface area contributed by atoms with Crippen LogP contribution in [0.25, 0.3) is 0 Å². The van der Waals surface area contributed by atoms with Crippen molar-refractivity contribution in [3.05, 3.63) is 0 Å². The van der Waals surface area contributed by atoms with E-state index in [9.17, 15) is 8.42 Å². The van der Waals surface area contributed by atoms with E-state index in [0.717, 1.165) is 45.1 Å². The Bertz CT molecular complexity index is 323. The van der Waals surface area contributed by atoms with Crippen molar-refractivity contribution in [2.45, 2.75) is 70.6 Å². The molecule has 2 atom stereocenters. The van der Waals surface area contributed by atoms with Crippen molar-refractivity contribution >= 4 is 9.84 Å². The predicted octanol–water partition coefficient (Wildman–Crippen LogP) is 2.76. The Kier molecular flexibility index (Phi) is 6.64. The normalized spacial score (nSPS) is 25.2. The molecule has 108 valence electrons. The van der Waals surface area contributed by atoms with Crippen LogP contribution < -0.4 is 5.32 Å². The fourth-order valence-electron chi connectivity index (χ4n) is 3.09. The number of nitrogens with one attached hydrogen (secondary N) is 1. The van der Waals surface area contributed by atoms with Crippen molar-refractivity contribution in [3.63, 3.8) is 0 Å². The lowest BCUT2D eigenvalue weighted by Gasteiger charge is -2.35. The van der Waals surface area contributed by atoms with Gasteiger partial charge in [0.2, 0.25) is 0 Å². The third kappa shape index (κ3) is 3.95. The van der Waals surface area contributed by atoms with E-state index in [2.05, 4.69) is 26.1 Å². The molecule has 4 heteroatoms. The molecule has 0 saturated carbocycles. The van der Waals surface area contributed by atoms with Gasteiger partial charge < -0.3 is 5.32 Å². The van der Waals surface area contributed by atoms with Crippen LogP contribution in [0.15, 0.2) is 0 Å². The minimum Gasteiger partial charge on any atom is -0.312 e. The van der Waals surface area contributed by atoms with Gasteiger partial charge in [-0.05, 0) is 31.7 Å². The maximum atomic E-state index is 12.3. The number of hydrogen-bond donors (Lipinski definition) is 1. The summed E-state index contributed by atoms with van der Waals surface area (Å²) in [6, 6.07) is 0.158. The highest BCUT2D eigenvalue weighted by Crippen LogP contribution is 2.28. The van der Waals surface area contributed by atoms with E-state index >= 15 is 0 Å². The van der Waals surface area contributed by atoms with Crippen molar-refractivity contribution in [3.8, 4) is 0 Å². The molecule has 1 aliphatic heterocycles. The summed E-state index contributed by atoms with van der Waals surface area (Å²) in [5.41, 5.74) is 0. The molecule has 1 rings (SSSR count). The summed E-state index contributed by atoms with van der Waals surface area (Å²) in [7, 11) is -2.88. The van der Waals surface area contributed by atoms with E-state index in [1.54, 1.807) is 0 Å². The molecular formula is C14H29NO2S. The molecule has 1 heterocycles. The Labute approximate surface area is 113 Å². The van der Waals surface area contributed by atoms with Crippen molar-refractivity contribution in [2.24, 2.45) is 5.92 Å². The molecular weight excluding hydrogens is 246 g/mol. The summed E-state index contributed by atoms with van der Waals surface area (Å²) in [6.45, 7) is 7.40. The first-order chi connectivity index (χ1) is 8.56. The summed E-state index contributed by atoms with van der Waals surface area (Å²) in [5, 5.41) is 3.37. The maximum absolute atomic E-state index is 12.3. The third-order valence-electron chi connectivity index (χ3n) is 4.22. The molecule has 3 nitrogen and oxygen atoms in total. The first-order valence-electron chi connectivity index (χ1n) is 7.51. The fourth-order valence-corrected chi connectivity index (χ4v) is 5.29. The fraction of sp³-hybridized carbons (Fsp3) is 1.00. The Hall–Kier alpha value is -0.0900. The Balaban J connectivity index is 2.86. The van der Waals surface area contributed by atoms with Gasteiger partial charge in [-0.15, -0.1) is 0 Å². The van der Waals surface area contributed by atoms with Gasteiger partial charge >= 0.3 is 0 Å². The second-order valence-corrected chi connectivity index (χ2v) is 7.80. The first kappa shape index (κ1) is 16.0. The lowest BCUT2D eigenvalue weighted by atomic mass is 9.89. The van der Waals surface area contributed by atoms with E-state index in [4.69, 9.17) is 0 Å². The average molecular weight is 275 g/mol. The van der Waals surface area contributed by atoms with Gasteiger partial charge in [0.15, 0.2) is 9.84 Å². The molecule has 0 aromatic heterocycles. The number of sulfone groups is 1. The maximum Gasteiger partial charge on any atom is 0.154 e. The minimum atomic E-state index is -2.88. The molecule has 1 fully saturated rings. The van der Waals surface area contributed by atoms with Crippen LogP contribution in [0.1, 0.15) is 59.3 Å². The molecule has 1 saturated heterocycles. The van der Waals surface area contributed by atoms with Crippen LogP contribution in [0, 0.1) is 5.92 Å². The smallest absolute Gasteiger partial charge is 0.154 e. The van der Waals surface area contributed by atoms with E-state index in [1.807, 2.05) is 0 Å². The van der Waals surface area contributed by atoms with Crippen LogP contribution in [-0.2, 0) is 9.84 Å². The van der Waals surface area contributed by atoms with Gasteiger partial charge in [0.05, 0.1) is 11.0 Å². The molecule has 0 radical (unpaired) electrons. The zero-order chi connectivity index (χ0) is 13.6. The van der Waals surface area contributed by atoms with Crippen LogP contribution in [0.2, 0.25) is 0 Å². The highest BCUT2D eigenvalue weighted by Gasteiger charge is 2.37. The standard InChI is InChI=1S/C14H29NO2S/c1-4-10-15-14(12(5-2)6-3)13-9-7-8-11-18(13,16)17/h12-15H,4-11H2,1-3H3. The minimum absolute atomic E-state index is 0.150. The summed E-state index contributed by atoms with van der Waals surface area (Å²) >= 11 is 0. The van der Waals surface area contributed by atoms with E-state index < -0.39 is 9.84 Å². The SMILES string of the molecule is CCCNC(C(CC)CC)C1CCCCS1(=O)=O. The van der Waals surface area contributed by atoms with E-state index in [-0.39, 0.29) is 11.3 Å². The number of hydrogen-bond acceptors (Lipinski definition) is 3. The van der Waals surface area contributed by atoms with Crippen LogP contribution in [0.4, 0.5) is 0 Å². The van der Waals surface area contributed by atoms with Gasteiger partial charge in [0.25, 0.3) is 0 Å². The average Bonchev–Trinajstić information content (AvgIpc) is 2.35. The molecule has 2 unspecified atom stereocenters. The Morgan fingerprint density at radius 1 is 1.17 bits per heavy atom. The van der Waals surface area contributed by atoms with Crippen molar-refractivity contribution < 1.29 is 8.42 Å². The summed E-state index contributed by atoms with van der Waals surface area (Å²) < 4.78 is 24.6. The Morgan fingerprint density at radius 3 is 2.33 bits per heavy atom. The third-order valence-corrected chi connectivity index (χ3v) is 6.53. The summed E-state index contributed by atoms with van der Waals surface area (Å²) in [5.74, 6) is 0.872. The van der Waals surface area contributed by atoms with Crippen LogP contribution in [0.3, 0.4) is 0 Å². The van der Waals surface area contributed by atoms with Gasteiger partial charge in [0, 0.05) is 6.04 Å². The second kappa shape index (κ2) is 7.49. The monoisotopic (exact) mass is 275 g/mol. The molecule has 0 bridgehead atoms. The van der Waals surface area contributed by atoms with Crippen molar-refractivity contribution in [2.75, 3.05) is 12.3 Å². The highest BCUT2D eigenvalue weighted by molar-refractivity contribution is 7.92. The quantitative estimate of drug-likeness (QED) is 0.777. The van der Waals surface area contributed by atoms with Gasteiger partial charge in [-0.3, -0.25) is 0 Å². The van der Waals surface area contributed by atoms with Crippen molar-refractivity contribution in [1.82, 2.24) is 5.32 Å². The molecule has 1 aliphatic rings. The molecule has 0 amide bonds. The predicted molar refractivity (Wildman–Crippen MR) is 77.6 cm³/mol. The summed E-state index contributed by atoms with van der Waals surface area (Å²) in [6.07, 6.45) is 5.94. The summed E-state index contributed by atoms with van der Waals surface area (Å²) in [4.78, 5) is 0. The van der Waals surface area contributed by atoms with Crippen molar-refractivity contribution in [1.29, 1.82) is 0 Å². The first-order valence-corrected chi connectivity index (χ1v) is 9.23. The van der Waals surface area contributed by atoms with E-state index in [1.165, 1.54) is 0 Å². The lowest BCUT2D eigenvalue weighted by molar-refractivity contribution is 0.307. The zero-order valence-corrected chi connectivity index (χ0v) is 12.9. The second-order valence-electron chi connectivity index (χ2n) is 5.46. The molecule has 0 spiro atoms. The molecule has 18 heavy (non-hydrogen) atoms. The zero-order valence-electron chi connectivity index (χ0n) is 12.1. The van der Waals surface area contributed by atoms with E-state index in [0.29, 0.717) is 11.7 Å².